The summed E-state index contributed by atoms with van der Waals surface area (Å²) >= 11 is 0. The van der Waals surface area contributed by atoms with Crippen LogP contribution in [0, 0.1) is 5.92 Å². The molecule has 0 bridgehead atoms. The van der Waals surface area contributed by atoms with Crippen LogP contribution in [0.15, 0.2) is 35.4 Å². The van der Waals surface area contributed by atoms with Gasteiger partial charge in [-0.3, -0.25) is 0 Å². The zero-order chi connectivity index (χ0) is 16.5. The van der Waals surface area contributed by atoms with Crippen molar-refractivity contribution in [3.8, 4) is 11.3 Å². The second-order valence-corrected chi connectivity index (χ2v) is 6.72. The van der Waals surface area contributed by atoms with Crippen LogP contribution in [-0.2, 0) is 14.8 Å². The predicted molar refractivity (Wildman–Crippen MR) is 78.3 cm³/mol. The van der Waals surface area contributed by atoms with Gasteiger partial charge < -0.3 is 5.11 Å². The minimum absolute atomic E-state index is 0.0195. The number of nitrogens with zero attached hydrogens (tertiary/aromatic N) is 3. The van der Waals surface area contributed by atoms with E-state index in [9.17, 15) is 18.3 Å². The minimum Gasteiger partial charge on any atom is -0.480 e. The van der Waals surface area contributed by atoms with Gasteiger partial charge >= 0.3 is 5.97 Å². The molecule has 8 nitrogen and oxygen atoms in total. The predicted octanol–water partition coefficient (Wildman–Crippen LogP) is 0.874. The van der Waals surface area contributed by atoms with Gasteiger partial charge in [-0.15, -0.1) is 5.10 Å². The van der Waals surface area contributed by atoms with E-state index in [0.29, 0.717) is 11.3 Å². The second-order valence-electron chi connectivity index (χ2n) is 5.16. The molecule has 1 heterocycles. The van der Waals surface area contributed by atoms with Gasteiger partial charge in [0.1, 0.15) is 0 Å². The molecule has 0 aliphatic heterocycles. The molecule has 0 spiro atoms. The summed E-state index contributed by atoms with van der Waals surface area (Å²) in [5.41, 5.74) is 1.09. The lowest BCUT2D eigenvalue weighted by Gasteiger charge is -2.18. The van der Waals surface area contributed by atoms with E-state index >= 15 is 0 Å². The molecule has 9 heteroatoms. The smallest absolute Gasteiger partial charge is 0.328 e. The van der Waals surface area contributed by atoms with Crippen LogP contribution in [0.1, 0.15) is 19.9 Å². The Kier molecular flexibility index (Phi) is 4.29. The molecule has 2 aromatic rings. The Labute approximate surface area is 127 Å². The molecule has 1 atom stereocenters. The summed E-state index contributed by atoms with van der Waals surface area (Å²) < 4.78 is 23.8. The molecule has 1 aromatic carbocycles. The largest absolute Gasteiger partial charge is 0.480 e. The highest BCUT2D eigenvalue weighted by molar-refractivity contribution is 7.89. The average molecular weight is 324 g/mol. The van der Waals surface area contributed by atoms with Crippen LogP contribution < -0.4 is 5.14 Å². The van der Waals surface area contributed by atoms with Gasteiger partial charge in [0.25, 0.3) is 0 Å². The second kappa shape index (κ2) is 5.85. The van der Waals surface area contributed by atoms with Crippen molar-refractivity contribution >= 4 is 16.0 Å². The third kappa shape index (κ3) is 3.15. The number of carbonyl (C=O) groups is 1. The van der Waals surface area contributed by atoms with Crippen molar-refractivity contribution in [3.63, 3.8) is 0 Å². The molecule has 0 fully saturated rings. The molecule has 0 amide bonds. The quantitative estimate of drug-likeness (QED) is 0.840. The first-order valence-electron chi connectivity index (χ1n) is 6.48. The van der Waals surface area contributed by atoms with Crippen LogP contribution in [0.25, 0.3) is 11.3 Å². The van der Waals surface area contributed by atoms with Crippen molar-refractivity contribution in [3.05, 3.63) is 30.5 Å². The van der Waals surface area contributed by atoms with Crippen molar-refractivity contribution in [2.24, 2.45) is 11.1 Å². The van der Waals surface area contributed by atoms with E-state index in [-0.39, 0.29) is 10.8 Å². The van der Waals surface area contributed by atoms with Gasteiger partial charge in [-0.1, -0.05) is 31.2 Å². The van der Waals surface area contributed by atoms with Gasteiger partial charge in [-0.05, 0) is 18.1 Å². The van der Waals surface area contributed by atoms with Crippen LogP contribution in [0.4, 0.5) is 0 Å². The van der Waals surface area contributed by atoms with Gasteiger partial charge in [0.15, 0.2) is 6.04 Å². The molecule has 22 heavy (non-hydrogen) atoms. The van der Waals surface area contributed by atoms with E-state index in [4.69, 9.17) is 5.14 Å². The number of aromatic nitrogens is 3. The van der Waals surface area contributed by atoms with Gasteiger partial charge in [0.05, 0.1) is 16.8 Å². The maximum atomic E-state index is 11.4. The fraction of sp³-hybridized carbons (Fsp3) is 0.308. The summed E-state index contributed by atoms with van der Waals surface area (Å²) in [7, 11) is -3.77. The number of hydrogen-bond acceptors (Lipinski definition) is 5. The van der Waals surface area contributed by atoms with Gasteiger partial charge in [-0.25, -0.2) is 23.0 Å². The Balaban J connectivity index is 2.47. The summed E-state index contributed by atoms with van der Waals surface area (Å²) in [6.45, 7) is 3.54. The summed E-state index contributed by atoms with van der Waals surface area (Å²) in [6.07, 6.45) is 1.43. The SMILES string of the molecule is CC(C)[C@@H](C(=O)O)n1nncc1-c1ccc(S(N)(=O)=O)cc1. The lowest BCUT2D eigenvalue weighted by Crippen LogP contribution is -2.25. The summed E-state index contributed by atoms with van der Waals surface area (Å²) in [5.74, 6) is -1.20. The molecule has 2 rings (SSSR count). The van der Waals surface area contributed by atoms with Crippen molar-refractivity contribution in [2.75, 3.05) is 0 Å². The Morgan fingerprint density at radius 1 is 1.27 bits per heavy atom. The molecule has 0 radical (unpaired) electrons. The third-order valence-electron chi connectivity index (χ3n) is 3.20. The Morgan fingerprint density at radius 3 is 2.32 bits per heavy atom. The van der Waals surface area contributed by atoms with E-state index < -0.39 is 22.0 Å². The van der Waals surface area contributed by atoms with Crippen molar-refractivity contribution < 1.29 is 18.3 Å². The molecule has 1 aromatic heterocycles. The topological polar surface area (TPSA) is 128 Å². The molecule has 0 saturated heterocycles. The number of benzene rings is 1. The lowest BCUT2D eigenvalue weighted by atomic mass is 10.0. The van der Waals surface area contributed by atoms with Crippen LogP contribution in [0.5, 0.6) is 0 Å². The van der Waals surface area contributed by atoms with Crippen LogP contribution >= 0.6 is 0 Å². The number of hydrogen-bond donors (Lipinski definition) is 2. The minimum atomic E-state index is -3.77. The van der Waals surface area contributed by atoms with Gasteiger partial charge in [0.2, 0.25) is 10.0 Å². The van der Waals surface area contributed by atoms with Crippen molar-refractivity contribution in [1.29, 1.82) is 0 Å². The normalized spacial score (nSPS) is 13.3. The van der Waals surface area contributed by atoms with Crippen molar-refractivity contribution in [1.82, 2.24) is 15.0 Å². The van der Waals surface area contributed by atoms with Crippen molar-refractivity contribution in [2.45, 2.75) is 24.8 Å². The van der Waals surface area contributed by atoms with E-state index in [1.54, 1.807) is 13.8 Å². The van der Waals surface area contributed by atoms with Crippen LogP contribution in [-0.4, -0.2) is 34.5 Å². The standard InChI is InChI=1S/C13H16N4O4S/c1-8(2)12(13(18)19)17-11(7-15-16-17)9-3-5-10(6-4-9)22(14,20)21/h3-8,12H,1-2H3,(H,18,19)(H2,14,20,21)/t12-/m0/s1. The number of carboxylic acid groups (broad SMARTS) is 1. The Bertz CT molecular complexity index is 781. The molecule has 3 N–H and O–H groups in total. The number of carboxylic acids is 1. The highest BCUT2D eigenvalue weighted by Crippen LogP contribution is 2.26. The summed E-state index contributed by atoms with van der Waals surface area (Å²) in [5, 5.41) is 22.0. The molecule has 0 aliphatic carbocycles. The average Bonchev–Trinajstić information content (AvgIpc) is 2.86. The van der Waals surface area contributed by atoms with Gasteiger partial charge in [0, 0.05) is 5.56 Å². The number of sulfonamides is 1. The van der Waals surface area contributed by atoms with E-state index in [1.165, 1.54) is 35.1 Å². The fourth-order valence-corrected chi connectivity index (χ4v) is 2.66. The first-order chi connectivity index (χ1) is 10.2. The Morgan fingerprint density at radius 2 is 1.86 bits per heavy atom. The fourth-order valence-electron chi connectivity index (χ4n) is 2.14. The number of aliphatic carboxylic acids is 1. The first-order valence-corrected chi connectivity index (χ1v) is 8.02. The highest BCUT2D eigenvalue weighted by Gasteiger charge is 2.27. The zero-order valence-electron chi connectivity index (χ0n) is 12.0. The van der Waals surface area contributed by atoms with Gasteiger partial charge in [-0.2, -0.15) is 0 Å². The molecule has 0 saturated carbocycles. The summed E-state index contributed by atoms with van der Waals surface area (Å²) in [6, 6.07) is 4.92. The lowest BCUT2D eigenvalue weighted by molar-refractivity contribution is -0.142. The molecule has 0 unspecified atom stereocenters. The number of primary sulfonamides is 1. The first kappa shape index (κ1) is 16.1. The molecule has 0 aliphatic rings. The highest BCUT2D eigenvalue weighted by atomic mass is 32.2. The number of rotatable bonds is 5. The van der Waals surface area contributed by atoms with Crippen LogP contribution in [0.3, 0.4) is 0 Å². The summed E-state index contributed by atoms with van der Waals surface area (Å²) in [4.78, 5) is 11.4. The molecular weight excluding hydrogens is 308 g/mol. The third-order valence-corrected chi connectivity index (χ3v) is 4.13. The Hall–Kier alpha value is -2.26. The van der Waals surface area contributed by atoms with E-state index in [1.807, 2.05) is 0 Å². The maximum absolute atomic E-state index is 11.4. The maximum Gasteiger partial charge on any atom is 0.328 e. The zero-order valence-corrected chi connectivity index (χ0v) is 12.9. The van der Waals surface area contributed by atoms with E-state index in [0.717, 1.165) is 0 Å². The monoisotopic (exact) mass is 324 g/mol. The van der Waals surface area contributed by atoms with Crippen LogP contribution in [0.2, 0.25) is 0 Å². The molecular formula is C13H16N4O4S. The molecule has 118 valence electrons. The number of nitrogens with two attached hydrogens (primary N) is 1. The van der Waals surface area contributed by atoms with E-state index in [2.05, 4.69) is 10.3 Å².